The van der Waals surface area contributed by atoms with Crippen LogP contribution in [0.2, 0.25) is 5.02 Å². The van der Waals surface area contributed by atoms with Crippen molar-refractivity contribution in [2.24, 2.45) is 5.92 Å². The first kappa shape index (κ1) is 35.3. The summed E-state index contributed by atoms with van der Waals surface area (Å²) < 4.78 is 11.4. The molecule has 0 radical (unpaired) electrons. The summed E-state index contributed by atoms with van der Waals surface area (Å²) in [6.07, 6.45) is 5.36. The number of benzene rings is 3. The van der Waals surface area contributed by atoms with Crippen LogP contribution in [-0.4, -0.2) is 56.2 Å². The van der Waals surface area contributed by atoms with Crippen molar-refractivity contribution in [1.82, 2.24) is 5.32 Å². The van der Waals surface area contributed by atoms with Crippen molar-refractivity contribution in [1.29, 1.82) is 0 Å². The molecule has 47 heavy (non-hydrogen) atoms. The molecular formula is C36H43ClN4O6. The van der Waals surface area contributed by atoms with Gasteiger partial charge < -0.3 is 29.9 Å². The number of rotatable bonds is 11. The second-order valence-corrected chi connectivity index (χ2v) is 13.0. The van der Waals surface area contributed by atoms with E-state index in [-0.39, 0.29) is 25.0 Å². The molecule has 2 N–H and O–H groups in total. The molecule has 3 aromatic carbocycles. The molecule has 1 saturated carbocycles. The van der Waals surface area contributed by atoms with Crippen molar-refractivity contribution in [3.63, 3.8) is 0 Å². The molecule has 10 nitrogen and oxygen atoms in total. The molecule has 3 aromatic rings. The Balaban J connectivity index is 1.44. The zero-order chi connectivity index (χ0) is 34.0. The van der Waals surface area contributed by atoms with Gasteiger partial charge in [-0.3, -0.25) is 9.59 Å². The Morgan fingerprint density at radius 1 is 0.894 bits per heavy atom. The molecule has 11 heteroatoms. The largest absolute Gasteiger partial charge is 0.482 e. The lowest BCUT2D eigenvalue weighted by atomic mass is 9.89. The number of para-hydroxylation sites is 2. The van der Waals surface area contributed by atoms with Crippen LogP contribution in [0, 0.1) is 5.92 Å². The van der Waals surface area contributed by atoms with Gasteiger partial charge in [-0.05, 0) is 88.1 Å². The third-order valence-corrected chi connectivity index (χ3v) is 7.93. The standard InChI is InChI=1S/C36H43ClN4O6/c1-36(2,3)47-34(44)26-14-10-16-28(20-26)39-35(45)38-22-32(42)41(23-25-12-6-5-7-13-25)30-18-8-9-19-31(30)46-24-33(43)40(4)29-17-11-15-27(37)21-29/h8-11,14-21,25H,5-7,12-13,22-24H2,1-4H3,(H2,38,39,45). The summed E-state index contributed by atoms with van der Waals surface area (Å²) >= 11 is 6.10. The number of anilines is 3. The van der Waals surface area contributed by atoms with Gasteiger partial charge in [-0.15, -0.1) is 0 Å². The normalized spacial score (nSPS) is 13.3. The number of carbonyl (C=O) groups excluding carboxylic acids is 4. The summed E-state index contributed by atoms with van der Waals surface area (Å²) in [4.78, 5) is 55.2. The molecule has 0 spiro atoms. The maximum atomic E-state index is 13.7. The fourth-order valence-electron chi connectivity index (χ4n) is 5.32. The van der Waals surface area contributed by atoms with Crippen LogP contribution in [0.25, 0.3) is 0 Å². The van der Waals surface area contributed by atoms with Crippen molar-refractivity contribution in [2.45, 2.75) is 58.5 Å². The lowest BCUT2D eigenvalue weighted by Gasteiger charge is -2.31. The number of hydrogen-bond acceptors (Lipinski definition) is 6. The van der Waals surface area contributed by atoms with Crippen molar-refractivity contribution in [3.05, 3.63) is 83.4 Å². The zero-order valence-corrected chi connectivity index (χ0v) is 28.1. The molecule has 1 aliphatic carbocycles. The molecular weight excluding hydrogens is 620 g/mol. The highest BCUT2D eigenvalue weighted by Gasteiger charge is 2.26. The molecule has 0 aliphatic heterocycles. The van der Waals surface area contributed by atoms with Gasteiger partial charge in [0.15, 0.2) is 6.61 Å². The maximum Gasteiger partial charge on any atom is 0.338 e. The molecule has 250 valence electrons. The van der Waals surface area contributed by atoms with Crippen LogP contribution in [-0.2, 0) is 14.3 Å². The topological polar surface area (TPSA) is 117 Å². The van der Waals surface area contributed by atoms with Crippen LogP contribution in [0.3, 0.4) is 0 Å². The van der Waals surface area contributed by atoms with E-state index in [9.17, 15) is 19.2 Å². The Labute approximate surface area is 281 Å². The van der Waals surface area contributed by atoms with E-state index in [2.05, 4.69) is 10.6 Å². The van der Waals surface area contributed by atoms with E-state index in [0.717, 1.165) is 25.7 Å². The number of hydrogen-bond donors (Lipinski definition) is 2. The van der Waals surface area contributed by atoms with Crippen molar-refractivity contribution in [2.75, 3.05) is 41.9 Å². The zero-order valence-electron chi connectivity index (χ0n) is 27.4. The molecule has 1 fully saturated rings. The van der Waals surface area contributed by atoms with Gasteiger partial charge in [0.2, 0.25) is 5.91 Å². The first-order chi connectivity index (χ1) is 22.4. The highest BCUT2D eigenvalue weighted by Crippen LogP contribution is 2.32. The molecule has 4 rings (SSSR count). The summed E-state index contributed by atoms with van der Waals surface area (Å²) in [7, 11) is 1.65. The Kier molecular flexibility index (Phi) is 12.2. The van der Waals surface area contributed by atoms with Gasteiger partial charge in [-0.2, -0.15) is 0 Å². The second-order valence-electron chi connectivity index (χ2n) is 12.6. The quantitative estimate of drug-likeness (QED) is 0.212. The number of nitrogens with zero attached hydrogens (tertiary/aromatic N) is 2. The Bertz CT molecular complexity index is 1570. The Hall–Kier alpha value is -4.57. The number of amides is 4. The van der Waals surface area contributed by atoms with Crippen LogP contribution in [0.1, 0.15) is 63.2 Å². The molecule has 0 saturated heterocycles. The van der Waals surface area contributed by atoms with Crippen LogP contribution < -0.4 is 25.2 Å². The van der Waals surface area contributed by atoms with Crippen LogP contribution in [0.4, 0.5) is 21.9 Å². The highest BCUT2D eigenvalue weighted by atomic mass is 35.5. The molecule has 0 bridgehead atoms. The predicted molar refractivity (Wildman–Crippen MR) is 184 cm³/mol. The van der Waals surface area contributed by atoms with E-state index in [0.29, 0.717) is 45.9 Å². The van der Waals surface area contributed by atoms with E-state index < -0.39 is 17.6 Å². The second kappa shape index (κ2) is 16.3. The van der Waals surface area contributed by atoms with Crippen molar-refractivity contribution < 1.29 is 28.7 Å². The number of esters is 1. The number of likely N-dealkylation sites (N-methyl/N-ethyl adjacent to an activating group) is 1. The van der Waals surface area contributed by atoms with Gasteiger partial charge in [0.25, 0.3) is 5.91 Å². The van der Waals surface area contributed by atoms with Gasteiger partial charge in [-0.1, -0.05) is 55.1 Å². The average Bonchev–Trinajstić information content (AvgIpc) is 3.04. The first-order valence-corrected chi connectivity index (χ1v) is 16.2. The Morgan fingerprint density at radius 2 is 1.62 bits per heavy atom. The van der Waals surface area contributed by atoms with Crippen LogP contribution in [0.5, 0.6) is 5.75 Å². The number of halogens is 1. The Morgan fingerprint density at radius 3 is 2.34 bits per heavy atom. The van der Waals surface area contributed by atoms with E-state index in [1.807, 2.05) is 0 Å². The third kappa shape index (κ3) is 10.7. The van der Waals surface area contributed by atoms with Crippen LogP contribution >= 0.6 is 11.6 Å². The summed E-state index contributed by atoms with van der Waals surface area (Å²) in [5.41, 5.74) is 1.17. The minimum atomic E-state index is -0.658. The van der Waals surface area contributed by atoms with E-state index in [1.165, 1.54) is 17.4 Å². The van der Waals surface area contributed by atoms with Crippen molar-refractivity contribution in [3.8, 4) is 5.75 Å². The third-order valence-electron chi connectivity index (χ3n) is 7.70. The fraction of sp³-hybridized carbons (Fsp3) is 0.389. The predicted octanol–water partition coefficient (Wildman–Crippen LogP) is 7.07. The SMILES string of the molecule is CN(C(=O)COc1ccccc1N(CC1CCCCC1)C(=O)CNC(=O)Nc1cccc(C(=O)OC(C)(C)C)c1)c1cccc(Cl)c1. The fourth-order valence-corrected chi connectivity index (χ4v) is 5.50. The summed E-state index contributed by atoms with van der Waals surface area (Å²) in [5.74, 6) is -0.449. The lowest BCUT2D eigenvalue weighted by Crippen LogP contribution is -2.44. The number of ether oxygens (including phenoxy) is 2. The molecule has 0 unspecified atom stereocenters. The number of nitrogens with one attached hydrogen (secondary N) is 2. The van der Waals surface area contributed by atoms with Gasteiger partial charge in [0.05, 0.1) is 17.8 Å². The van der Waals surface area contributed by atoms with Gasteiger partial charge in [0, 0.05) is 30.0 Å². The van der Waals surface area contributed by atoms with E-state index in [4.69, 9.17) is 21.1 Å². The molecule has 1 aliphatic rings. The molecule has 4 amide bonds. The highest BCUT2D eigenvalue weighted by molar-refractivity contribution is 6.30. The smallest absolute Gasteiger partial charge is 0.338 e. The van der Waals surface area contributed by atoms with Crippen LogP contribution in [0.15, 0.2) is 72.8 Å². The summed E-state index contributed by atoms with van der Waals surface area (Å²) in [6, 6.07) is 19.9. The summed E-state index contributed by atoms with van der Waals surface area (Å²) in [6.45, 7) is 5.25. The molecule has 0 aromatic heterocycles. The van der Waals surface area contributed by atoms with E-state index in [1.54, 1.807) is 99.4 Å². The van der Waals surface area contributed by atoms with Crippen molar-refractivity contribution >= 4 is 52.5 Å². The molecule has 0 heterocycles. The first-order valence-electron chi connectivity index (χ1n) is 15.8. The maximum absolute atomic E-state index is 13.7. The van der Waals surface area contributed by atoms with Gasteiger partial charge in [-0.25, -0.2) is 9.59 Å². The minimum absolute atomic E-state index is 0.255. The van der Waals surface area contributed by atoms with Gasteiger partial charge in [0.1, 0.15) is 11.4 Å². The molecule has 0 atom stereocenters. The number of urea groups is 1. The summed E-state index contributed by atoms with van der Waals surface area (Å²) in [5, 5.41) is 5.84. The van der Waals surface area contributed by atoms with E-state index >= 15 is 0 Å². The average molecular weight is 663 g/mol. The lowest BCUT2D eigenvalue weighted by molar-refractivity contribution is -0.120. The monoisotopic (exact) mass is 662 g/mol. The van der Waals surface area contributed by atoms with Gasteiger partial charge >= 0.3 is 12.0 Å². The minimum Gasteiger partial charge on any atom is -0.482 e. The number of carbonyl (C=O) groups is 4.